The highest BCUT2D eigenvalue weighted by Gasteiger charge is 2.47. The summed E-state index contributed by atoms with van der Waals surface area (Å²) in [5.74, 6) is -1.14. The number of likely N-dealkylation sites (tertiary alicyclic amines) is 1. The van der Waals surface area contributed by atoms with E-state index < -0.39 is 17.7 Å². The summed E-state index contributed by atoms with van der Waals surface area (Å²) in [4.78, 5) is 27.8. The fraction of sp³-hybridized carbons (Fsp3) is 0.143. The molecule has 164 valence electrons. The Kier molecular flexibility index (Phi) is 5.09. The maximum absolute atomic E-state index is 13.2. The third-order valence-corrected chi connectivity index (χ3v) is 6.22. The number of carbonyl (C=O) groups is 2. The number of nitrogens with zero attached hydrogens (tertiary/aromatic N) is 1. The summed E-state index contributed by atoms with van der Waals surface area (Å²) in [5, 5.41) is 13.2. The number of aliphatic hydroxyl groups excluding tert-OH is 1. The molecular formula is C28H23NO4. The van der Waals surface area contributed by atoms with Gasteiger partial charge in [0.2, 0.25) is 0 Å². The minimum absolute atomic E-state index is 0.0375. The lowest BCUT2D eigenvalue weighted by Gasteiger charge is -2.24. The molecule has 1 aromatic heterocycles. The number of rotatable bonds is 4. The number of carbonyl (C=O) groups excluding carboxylic acids is 2. The van der Waals surface area contributed by atoms with E-state index in [0.717, 1.165) is 27.5 Å². The molecule has 1 aliphatic heterocycles. The highest BCUT2D eigenvalue weighted by molar-refractivity contribution is 6.46. The van der Waals surface area contributed by atoms with Crippen LogP contribution in [0.25, 0.3) is 16.5 Å². The average Bonchev–Trinajstić information content (AvgIpc) is 3.43. The summed E-state index contributed by atoms with van der Waals surface area (Å²) >= 11 is 0. The number of hydrogen-bond donors (Lipinski definition) is 1. The molecular weight excluding hydrogens is 414 g/mol. The zero-order valence-electron chi connectivity index (χ0n) is 18.4. The highest BCUT2D eigenvalue weighted by atomic mass is 16.3. The molecule has 5 nitrogen and oxygen atoms in total. The Morgan fingerprint density at radius 3 is 2.48 bits per heavy atom. The first-order valence-corrected chi connectivity index (χ1v) is 10.8. The molecule has 1 aliphatic rings. The van der Waals surface area contributed by atoms with E-state index >= 15 is 0 Å². The van der Waals surface area contributed by atoms with Gasteiger partial charge in [-0.2, -0.15) is 0 Å². The van der Waals surface area contributed by atoms with Crippen molar-refractivity contribution in [2.24, 2.45) is 0 Å². The maximum atomic E-state index is 13.2. The monoisotopic (exact) mass is 437 g/mol. The number of benzene rings is 3. The van der Waals surface area contributed by atoms with Gasteiger partial charge >= 0.3 is 0 Å². The van der Waals surface area contributed by atoms with E-state index in [0.29, 0.717) is 11.3 Å². The van der Waals surface area contributed by atoms with E-state index in [9.17, 15) is 14.7 Å². The molecule has 2 heterocycles. The molecule has 0 aliphatic carbocycles. The number of aryl methyl sites for hydroxylation is 2. The molecule has 1 amide bonds. The smallest absolute Gasteiger partial charge is 0.296 e. The predicted octanol–water partition coefficient (Wildman–Crippen LogP) is 5.67. The van der Waals surface area contributed by atoms with Crippen molar-refractivity contribution in [3.8, 4) is 0 Å². The normalized spacial score (nSPS) is 17.8. The Hall–Kier alpha value is -4.12. The average molecular weight is 437 g/mol. The van der Waals surface area contributed by atoms with E-state index in [-0.39, 0.29) is 17.9 Å². The van der Waals surface area contributed by atoms with E-state index in [2.05, 4.69) is 0 Å². The molecule has 5 heteroatoms. The molecule has 3 aromatic carbocycles. The van der Waals surface area contributed by atoms with Gasteiger partial charge in [0, 0.05) is 12.1 Å². The molecule has 0 radical (unpaired) electrons. The van der Waals surface area contributed by atoms with Gasteiger partial charge in [0.05, 0.1) is 11.8 Å². The summed E-state index contributed by atoms with van der Waals surface area (Å²) in [6, 6.07) is 21.9. The molecule has 1 atom stereocenters. The standard InChI is InChI=1S/C28H23NO4/c1-17-9-10-18(2)22(14-17)16-29-25(23-8-5-13-33-23)24(27(31)28(29)32)26(30)21-12-11-19-6-3-4-7-20(19)15-21/h3-15,25,30H,16H2,1-2H3/b26-24-. The van der Waals surface area contributed by atoms with Gasteiger partial charge in [-0.05, 0) is 53.9 Å². The van der Waals surface area contributed by atoms with Gasteiger partial charge in [-0.3, -0.25) is 9.59 Å². The lowest BCUT2D eigenvalue weighted by atomic mass is 9.97. The maximum Gasteiger partial charge on any atom is 0.296 e. The molecule has 1 saturated heterocycles. The second-order valence-electron chi connectivity index (χ2n) is 8.43. The molecule has 0 spiro atoms. The molecule has 1 N–H and O–H groups in total. The summed E-state index contributed by atoms with van der Waals surface area (Å²) in [6.45, 7) is 4.20. The third-order valence-electron chi connectivity index (χ3n) is 6.22. The van der Waals surface area contributed by atoms with Crippen LogP contribution in [0.1, 0.15) is 34.1 Å². The van der Waals surface area contributed by atoms with Gasteiger partial charge in [-0.25, -0.2) is 0 Å². The molecule has 1 unspecified atom stereocenters. The van der Waals surface area contributed by atoms with Crippen LogP contribution in [0.15, 0.2) is 89.0 Å². The summed E-state index contributed by atoms with van der Waals surface area (Å²) < 4.78 is 5.63. The van der Waals surface area contributed by atoms with E-state index in [1.54, 1.807) is 18.2 Å². The van der Waals surface area contributed by atoms with Crippen LogP contribution < -0.4 is 0 Å². The van der Waals surface area contributed by atoms with Crippen LogP contribution >= 0.6 is 0 Å². The number of aliphatic hydroxyl groups is 1. The van der Waals surface area contributed by atoms with Gasteiger partial charge in [-0.1, -0.05) is 60.2 Å². The predicted molar refractivity (Wildman–Crippen MR) is 126 cm³/mol. The fourth-order valence-electron chi connectivity index (χ4n) is 4.43. The van der Waals surface area contributed by atoms with Crippen molar-refractivity contribution in [2.45, 2.75) is 26.4 Å². The first-order chi connectivity index (χ1) is 15.9. The lowest BCUT2D eigenvalue weighted by Crippen LogP contribution is -2.29. The van der Waals surface area contributed by atoms with Crippen LogP contribution in [-0.2, 0) is 16.1 Å². The highest BCUT2D eigenvalue weighted by Crippen LogP contribution is 2.41. The van der Waals surface area contributed by atoms with Gasteiger partial charge < -0.3 is 14.4 Å². The number of fused-ring (bicyclic) bond motifs is 1. The minimum atomic E-state index is -0.814. The molecule has 4 aromatic rings. The molecule has 1 fully saturated rings. The second kappa shape index (κ2) is 8.10. The number of amides is 1. The largest absolute Gasteiger partial charge is 0.507 e. The first-order valence-electron chi connectivity index (χ1n) is 10.8. The molecule has 0 bridgehead atoms. The first kappa shape index (κ1) is 20.8. The van der Waals surface area contributed by atoms with Crippen molar-refractivity contribution >= 4 is 28.2 Å². The van der Waals surface area contributed by atoms with Crippen LogP contribution in [0, 0.1) is 13.8 Å². The van der Waals surface area contributed by atoms with Crippen molar-refractivity contribution in [3.63, 3.8) is 0 Å². The zero-order chi connectivity index (χ0) is 23.1. The Bertz CT molecular complexity index is 1420. The summed E-state index contributed by atoms with van der Waals surface area (Å²) in [7, 11) is 0. The van der Waals surface area contributed by atoms with Crippen molar-refractivity contribution in [1.29, 1.82) is 0 Å². The van der Waals surface area contributed by atoms with Crippen molar-refractivity contribution in [3.05, 3.63) is 113 Å². The number of hydrogen-bond acceptors (Lipinski definition) is 4. The number of Topliss-reactive ketones (excluding diaryl/α,β-unsaturated/α-hetero) is 1. The third kappa shape index (κ3) is 3.61. The quantitative estimate of drug-likeness (QED) is 0.254. The second-order valence-corrected chi connectivity index (χ2v) is 8.43. The van der Waals surface area contributed by atoms with Crippen molar-refractivity contribution in [1.82, 2.24) is 4.90 Å². The van der Waals surface area contributed by atoms with Gasteiger partial charge in [0.1, 0.15) is 17.6 Å². The van der Waals surface area contributed by atoms with Crippen molar-refractivity contribution < 1.29 is 19.1 Å². The molecule has 0 saturated carbocycles. The van der Waals surface area contributed by atoms with Crippen molar-refractivity contribution in [2.75, 3.05) is 0 Å². The summed E-state index contributed by atoms with van der Waals surface area (Å²) in [6.07, 6.45) is 1.50. The summed E-state index contributed by atoms with van der Waals surface area (Å²) in [5.41, 5.74) is 3.55. The number of furan rings is 1. The zero-order valence-corrected chi connectivity index (χ0v) is 18.4. The van der Waals surface area contributed by atoms with Crippen LogP contribution in [0.5, 0.6) is 0 Å². The van der Waals surface area contributed by atoms with Crippen LogP contribution in [0.3, 0.4) is 0 Å². The van der Waals surface area contributed by atoms with Gasteiger partial charge in [0.15, 0.2) is 0 Å². The van der Waals surface area contributed by atoms with Crippen LogP contribution in [-0.4, -0.2) is 21.7 Å². The SMILES string of the molecule is Cc1ccc(C)c(CN2C(=O)C(=O)/C(=C(\O)c3ccc4ccccc4c3)C2c2ccco2)c1. The minimum Gasteiger partial charge on any atom is -0.507 e. The topological polar surface area (TPSA) is 70.8 Å². The Balaban J connectivity index is 1.64. The molecule has 5 rings (SSSR count). The van der Waals surface area contributed by atoms with E-state index in [1.165, 1.54) is 11.2 Å². The van der Waals surface area contributed by atoms with Crippen LogP contribution in [0.2, 0.25) is 0 Å². The molecule has 33 heavy (non-hydrogen) atoms. The Morgan fingerprint density at radius 2 is 1.73 bits per heavy atom. The van der Waals surface area contributed by atoms with Gasteiger partial charge in [0.25, 0.3) is 11.7 Å². The van der Waals surface area contributed by atoms with Crippen LogP contribution in [0.4, 0.5) is 0 Å². The van der Waals surface area contributed by atoms with E-state index in [4.69, 9.17) is 4.42 Å². The number of ketones is 1. The van der Waals surface area contributed by atoms with E-state index in [1.807, 2.05) is 68.4 Å². The lowest BCUT2D eigenvalue weighted by molar-refractivity contribution is -0.140. The van der Waals surface area contributed by atoms with Gasteiger partial charge in [-0.15, -0.1) is 0 Å². The Morgan fingerprint density at radius 1 is 0.939 bits per heavy atom. The Labute approximate surface area is 191 Å². The fourth-order valence-corrected chi connectivity index (χ4v) is 4.43.